The molecule has 0 fully saturated rings. The van der Waals surface area contributed by atoms with Gasteiger partial charge < -0.3 is 15.2 Å². The molecule has 0 aromatic heterocycles. The molecule has 1 aliphatic rings. The highest BCUT2D eigenvalue weighted by molar-refractivity contribution is 6.34. The predicted molar refractivity (Wildman–Crippen MR) is 124 cm³/mol. The van der Waals surface area contributed by atoms with Crippen molar-refractivity contribution in [2.45, 2.75) is 40.2 Å². The third-order valence-electron chi connectivity index (χ3n) is 5.14. The lowest BCUT2D eigenvalue weighted by Gasteiger charge is -2.29. The van der Waals surface area contributed by atoms with Crippen LogP contribution in [-0.2, 0) is 16.2 Å². The van der Waals surface area contributed by atoms with Crippen molar-refractivity contribution in [2.75, 3.05) is 6.67 Å². The molecule has 0 atom stereocenters. The molecule has 1 amide bonds. The summed E-state index contributed by atoms with van der Waals surface area (Å²) in [6.45, 7) is 6.16. The first kappa shape index (κ1) is 23.1. The van der Waals surface area contributed by atoms with Crippen molar-refractivity contribution < 1.29 is 19.4 Å². The van der Waals surface area contributed by atoms with E-state index in [1.807, 2.05) is 54.6 Å². The average Bonchev–Trinajstić information content (AvgIpc) is 2.79. The Kier molecular flexibility index (Phi) is 7.65. The molecule has 2 N–H and O–H groups in total. The lowest BCUT2D eigenvalue weighted by molar-refractivity contribution is -0.129. The van der Waals surface area contributed by atoms with Gasteiger partial charge in [0.1, 0.15) is 24.7 Å². The molecule has 168 valence electrons. The third kappa shape index (κ3) is 5.97. The third-order valence-corrected chi connectivity index (χ3v) is 5.14. The van der Waals surface area contributed by atoms with E-state index in [1.165, 1.54) is 11.9 Å². The van der Waals surface area contributed by atoms with Gasteiger partial charge in [-0.2, -0.15) is 5.10 Å². The van der Waals surface area contributed by atoms with Crippen molar-refractivity contribution in [1.29, 1.82) is 0 Å². The van der Waals surface area contributed by atoms with E-state index in [2.05, 4.69) is 24.3 Å². The highest BCUT2D eigenvalue weighted by Crippen LogP contribution is 2.28. The molecule has 7 nitrogen and oxygen atoms in total. The molecule has 32 heavy (non-hydrogen) atoms. The van der Waals surface area contributed by atoms with Gasteiger partial charge in [0.05, 0.1) is 5.70 Å². The van der Waals surface area contributed by atoms with Gasteiger partial charge in [-0.3, -0.25) is 4.79 Å². The Balaban J connectivity index is 1.81. The highest BCUT2D eigenvalue weighted by atomic mass is 16.5. The molecule has 0 saturated heterocycles. The molecule has 1 aliphatic heterocycles. The first-order chi connectivity index (χ1) is 15.3. The molecule has 0 aliphatic carbocycles. The van der Waals surface area contributed by atoms with Gasteiger partial charge in [-0.25, -0.2) is 9.80 Å². The summed E-state index contributed by atoms with van der Waals surface area (Å²) in [4.78, 5) is 24.2. The number of carboxylic acids is 1. The average molecular weight is 436 g/mol. The first-order valence-electron chi connectivity index (χ1n) is 10.7. The number of carbonyl (C=O) groups is 2. The van der Waals surface area contributed by atoms with Crippen LogP contribution in [0, 0.1) is 5.92 Å². The maximum atomic E-state index is 13.1. The molecular formula is C25H29N3O4. The van der Waals surface area contributed by atoms with Crippen molar-refractivity contribution in [3.63, 3.8) is 0 Å². The maximum Gasteiger partial charge on any atom is 0.351 e. The Hall–Kier alpha value is -3.61. The first-order valence-corrected chi connectivity index (χ1v) is 10.7. The summed E-state index contributed by atoms with van der Waals surface area (Å²) >= 11 is 0. The molecule has 0 unspecified atom stereocenters. The van der Waals surface area contributed by atoms with Crippen LogP contribution in [0.3, 0.4) is 0 Å². The van der Waals surface area contributed by atoms with E-state index >= 15 is 0 Å². The van der Waals surface area contributed by atoms with Gasteiger partial charge in [0.15, 0.2) is 0 Å². The Bertz CT molecular complexity index is 1010. The second-order valence-electron chi connectivity index (χ2n) is 8.11. The number of carbonyl (C=O) groups excluding carboxylic acids is 1. The lowest BCUT2D eigenvalue weighted by atomic mass is 9.96. The van der Waals surface area contributed by atoms with Crippen LogP contribution in [0.15, 0.2) is 65.3 Å². The minimum Gasteiger partial charge on any atom is -0.489 e. The number of benzene rings is 2. The number of hydrazone groups is 1. The van der Waals surface area contributed by atoms with Crippen LogP contribution in [0.1, 0.15) is 44.7 Å². The fourth-order valence-corrected chi connectivity index (χ4v) is 3.30. The Morgan fingerprint density at radius 3 is 2.47 bits per heavy atom. The molecule has 0 saturated carbocycles. The van der Waals surface area contributed by atoms with E-state index < -0.39 is 5.97 Å². The molecule has 0 spiro atoms. The van der Waals surface area contributed by atoms with Gasteiger partial charge in [-0.15, -0.1) is 0 Å². The molecule has 0 radical (unpaired) electrons. The van der Waals surface area contributed by atoms with Gasteiger partial charge >= 0.3 is 5.97 Å². The molecule has 2 aromatic rings. The number of hydrogen-bond donors (Lipinski definition) is 2. The van der Waals surface area contributed by atoms with Crippen molar-refractivity contribution in [1.82, 2.24) is 10.3 Å². The smallest absolute Gasteiger partial charge is 0.351 e. The minimum absolute atomic E-state index is 0.107. The van der Waals surface area contributed by atoms with Crippen LogP contribution >= 0.6 is 0 Å². The Morgan fingerprint density at radius 2 is 1.84 bits per heavy atom. The Morgan fingerprint density at radius 1 is 1.16 bits per heavy atom. The topological polar surface area (TPSA) is 91.2 Å². The normalized spacial score (nSPS) is 14.6. The molecule has 3 rings (SSSR count). The maximum absolute atomic E-state index is 13.1. The summed E-state index contributed by atoms with van der Waals surface area (Å²) in [5.74, 6) is -0.260. The summed E-state index contributed by atoms with van der Waals surface area (Å²) in [7, 11) is 0. The van der Waals surface area contributed by atoms with E-state index in [1.54, 1.807) is 0 Å². The summed E-state index contributed by atoms with van der Waals surface area (Å²) in [5.41, 5.74) is 3.19. The summed E-state index contributed by atoms with van der Waals surface area (Å²) in [5, 5.41) is 17.5. The quantitative estimate of drug-likeness (QED) is 0.574. The van der Waals surface area contributed by atoms with E-state index in [9.17, 15) is 9.59 Å². The van der Waals surface area contributed by atoms with Gasteiger partial charge in [0.25, 0.3) is 5.91 Å². The van der Waals surface area contributed by atoms with E-state index in [0.717, 1.165) is 29.0 Å². The van der Waals surface area contributed by atoms with Crippen LogP contribution in [0.5, 0.6) is 5.75 Å². The zero-order chi connectivity index (χ0) is 23.1. The van der Waals surface area contributed by atoms with Gasteiger partial charge in [-0.05, 0) is 61.1 Å². The number of aliphatic carboxylic acids is 1. The number of amides is 1. The molecule has 1 heterocycles. The standard InChI is InChI=1S/C25H29N3O4/c1-17(2)9-14-22-23(26-16-28(24(22)29)27-18(3)25(30)31)20-10-12-21(13-11-20)32-15-19-7-5-4-6-8-19/h4-8,10-13,17,26H,9,14-16H2,1-3H3,(H,30,31)/b27-18+. The fourth-order valence-electron chi connectivity index (χ4n) is 3.30. The molecule has 7 heteroatoms. The van der Waals surface area contributed by atoms with Crippen LogP contribution in [0.2, 0.25) is 0 Å². The lowest BCUT2D eigenvalue weighted by Crippen LogP contribution is -2.42. The van der Waals surface area contributed by atoms with Gasteiger partial charge in [0, 0.05) is 5.57 Å². The molecule has 2 aromatic carbocycles. The predicted octanol–water partition coefficient (Wildman–Crippen LogP) is 4.26. The Labute approximate surface area is 188 Å². The zero-order valence-electron chi connectivity index (χ0n) is 18.7. The van der Waals surface area contributed by atoms with Crippen molar-refractivity contribution in [3.8, 4) is 5.75 Å². The van der Waals surface area contributed by atoms with E-state index in [-0.39, 0.29) is 18.3 Å². The monoisotopic (exact) mass is 435 g/mol. The number of nitrogens with one attached hydrogen (secondary N) is 1. The number of ether oxygens (including phenoxy) is 1. The molecular weight excluding hydrogens is 406 g/mol. The second kappa shape index (κ2) is 10.6. The van der Waals surface area contributed by atoms with Crippen LogP contribution < -0.4 is 10.1 Å². The largest absolute Gasteiger partial charge is 0.489 e. The second-order valence-corrected chi connectivity index (χ2v) is 8.11. The van der Waals surface area contributed by atoms with Gasteiger partial charge in [0.2, 0.25) is 0 Å². The van der Waals surface area contributed by atoms with E-state index in [0.29, 0.717) is 24.5 Å². The highest BCUT2D eigenvalue weighted by Gasteiger charge is 2.28. The number of rotatable bonds is 9. The van der Waals surface area contributed by atoms with Crippen molar-refractivity contribution in [3.05, 3.63) is 71.3 Å². The van der Waals surface area contributed by atoms with Crippen molar-refractivity contribution in [2.24, 2.45) is 11.0 Å². The summed E-state index contributed by atoms with van der Waals surface area (Å²) < 4.78 is 5.86. The van der Waals surface area contributed by atoms with Crippen LogP contribution in [-0.4, -0.2) is 34.4 Å². The molecule has 0 bridgehead atoms. The van der Waals surface area contributed by atoms with Crippen LogP contribution in [0.4, 0.5) is 0 Å². The van der Waals surface area contributed by atoms with Gasteiger partial charge in [-0.1, -0.05) is 44.2 Å². The fraction of sp³-hybridized carbons (Fsp3) is 0.320. The number of nitrogens with zero attached hydrogens (tertiary/aromatic N) is 2. The minimum atomic E-state index is -1.15. The number of carboxylic acid groups (broad SMARTS) is 1. The number of hydrogen-bond acceptors (Lipinski definition) is 5. The van der Waals surface area contributed by atoms with Crippen molar-refractivity contribution >= 4 is 23.3 Å². The van der Waals surface area contributed by atoms with E-state index in [4.69, 9.17) is 9.84 Å². The summed E-state index contributed by atoms with van der Waals surface area (Å²) in [6, 6.07) is 17.6. The zero-order valence-corrected chi connectivity index (χ0v) is 18.7. The van der Waals surface area contributed by atoms with Crippen LogP contribution in [0.25, 0.3) is 5.70 Å². The summed E-state index contributed by atoms with van der Waals surface area (Å²) in [6.07, 6.45) is 1.41. The SMILES string of the molecule is C/C(=N\N1CNC(c2ccc(OCc3ccccc3)cc2)=C(CCC(C)C)C1=O)C(=O)O.